The van der Waals surface area contributed by atoms with Crippen LogP contribution in [0.15, 0.2) is 70.7 Å². The van der Waals surface area contributed by atoms with Crippen molar-refractivity contribution in [1.29, 1.82) is 0 Å². The summed E-state index contributed by atoms with van der Waals surface area (Å²) in [6.45, 7) is 4.83. The maximum atomic E-state index is 14.8. The van der Waals surface area contributed by atoms with E-state index in [9.17, 15) is 18.4 Å². The molecule has 2 aliphatic rings. The number of aromatic nitrogens is 3. The summed E-state index contributed by atoms with van der Waals surface area (Å²) in [6.07, 6.45) is 6.83. The van der Waals surface area contributed by atoms with Gasteiger partial charge in [-0.2, -0.15) is 0 Å². The Morgan fingerprint density at radius 1 is 1.15 bits per heavy atom. The highest BCUT2D eigenvalue weighted by Gasteiger charge is 2.36. The lowest BCUT2D eigenvalue weighted by molar-refractivity contribution is 0.0499. The van der Waals surface area contributed by atoms with E-state index in [0.29, 0.717) is 35.7 Å². The number of anilines is 1. The molecule has 0 saturated carbocycles. The van der Waals surface area contributed by atoms with Crippen LogP contribution in [-0.2, 0) is 11.3 Å². The lowest BCUT2D eigenvalue weighted by atomic mass is 10.0. The Bertz CT molecular complexity index is 1780. The summed E-state index contributed by atoms with van der Waals surface area (Å²) in [7, 11) is 0. The Morgan fingerprint density at radius 2 is 2.02 bits per heavy atom. The van der Waals surface area contributed by atoms with Gasteiger partial charge in [-0.15, -0.1) is 16.9 Å². The zero-order chi connectivity index (χ0) is 32.9. The van der Waals surface area contributed by atoms with Crippen LogP contribution in [0.4, 0.5) is 14.6 Å². The van der Waals surface area contributed by atoms with E-state index in [1.54, 1.807) is 30.5 Å². The normalized spacial score (nSPS) is 20.1. The highest BCUT2D eigenvalue weighted by molar-refractivity contribution is 7.98. The third kappa shape index (κ3) is 7.54. The van der Waals surface area contributed by atoms with E-state index >= 15 is 0 Å². The lowest BCUT2D eigenvalue weighted by Gasteiger charge is -2.27. The molecule has 1 unspecified atom stereocenters. The highest BCUT2D eigenvalue weighted by Crippen LogP contribution is 2.40. The molecule has 6 rings (SSSR count). The quantitative estimate of drug-likeness (QED) is 0.0773. The minimum absolute atomic E-state index is 0.0904. The summed E-state index contributed by atoms with van der Waals surface area (Å²) >= 11 is 1.49. The molecular formula is C35H38F2N6O3S. The van der Waals surface area contributed by atoms with Gasteiger partial charge in [0.25, 0.3) is 5.91 Å². The molecule has 2 saturated heterocycles. The number of amides is 1. The van der Waals surface area contributed by atoms with Gasteiger partial charge in [0.05, 0.1) is 31.0 Å². The minimum Gasteiger partial charge on any atom is -0.462 e. The number of nitrogens with zero attached hydrogens (tertiary/aromatic N) is 6. The Kier molecular flexibility index (Phi) is 10.3. The molecule has 2 aromatic carbocycles. The van der Waals surface area contributed by atoms with Gasteiger partial charge >= 0.3 is 5.97 Å². The van der Waals surface area contributed by atoms with Crippen molar-refractivity contribution < 1.29 is 23.1 Å². The first-order chi connectivity index (χ1) is 22.8. The SMILES string of the molecule is CCCCOC(=O)c1cccc(CN2CCC(/C=N/C(=O)c3cnc4ccc(N5C[C@@H](F)C[C@@H]5c5cc(F)ccc5SC)nn34)C2)c1. The number of rotatable bonds is 11. The van der Waals surface area contributed by atoms with Gasteiger partial charge < -0.3 is 9.64 Å². The number of benzene rings is 2. The van der Waals surface area contributed by atoms with Crippen molar-refractivity contribution >= 4 is 41.3 Å². The van der Waals surface area contributed by atoms with Crippen molar-refractivity contribution in [3.63, 3.8) is 0 Å². The molecule has 4 aromatic rings. The van der Waals surface area contributed by atoms with Crippen molar-refractivity contribution in [3.8, 4) is 0 Å². The molecule has 246 valence electrons. The van der Waals surface area contributed by atoms with Gasteiger partial charge in [-0.25, -0.2) is 28.1 Å². The van der Waals surface area contributed by atoms with Crippen LogP contribution in [0.3, 0.4) is 0 Å². The van der Waals surface area contributed by atoms with Crippen molar-refractivity contribution in [3.05, 3.63) is 89.0 Å². The monoisotopic (exact) mass is 660 g/mol. The highest BCUT2D eigenvalue weighted by atomic mass is 32.2. The first-order valence-electron chi connectivity index (χ1n) is 16.0. The molecule has 0 aliphatic carbocycles. The van der Waals surface area contributed by atoms with Gasteiger partial charge in [0.15, 0.2) is 11.3 Å². The summed E-state index contributed by atoms with van der Waals surface area (Å²) in [4.78, 5) is 39.2. The zero-order valence-corrected chi connectivity index (χ0v) is 27.3. The second kappa shape index (κ2) is 14.7. The van der Waals surface area contributed by atoms with Gasteiger partial charge in [-0.05, 0) is 79.2 Å². The Morgan fingerprint density at radius 3 is 2.85 bits per heavy atom. The number of carbonyl (C=O) groups excluding carboxylic acids is 2. The lowest BCUT2D eigenvalue weighted by Crippen LogP contribution is -2.26. The van der Waals surface area contributed by atoms with Gasteiger partial charge in [-0.3, -0.25) is 9.69 Å². The second-order valence-electron chi connectivity index (χ2n) is 12.0. The average Bonchev–Trinajstić information content (AvgIpc) is 3.82. The fourth-order valence-electron chi connectivity index (χ4n) is 6.28. The predicted octanol–water partition coefficient (Wildman–Crippen LogP) is 6.57. The molecule has 1 amide bonds. The van der Waals surface area contributed by atoms with E-state index in [2.05, 4.69) is 26.9 Å². The molecule has 2 aliphatic heterocycles. The first-order valence-corrected chi connectivity index (χ1v) is 17.2. The van der Waals surface area contributed by atoms with E-state index in [4.69, 9.17) is 4.74 Å². The number of likely N-dealkylation sites (tertiary alicyclic amines) is 1. The van der Waals surface area contributed by atoms with Crippen molar-refractivity contribution in [2.24, 2.45) is 10.9 Å². The summed E-state index contributed by atoms with van der Waals surface area (Å²) < 4.78 is 35.8. The Hall–Kier alpha value is -4.16. The van der Waals surface area contributed by atoms with Gasteiger partial charge in [0, 0.05) is 36.5 Å². The van der Waals surface area contributed by atoms with Crippen LogP contribution < -0.4 is 4.90 Å². The van der Waals surface area contributed by atoms with E-state index in [-0.39, 0.29) is 36.4 Å². The number of ether oxygens (including phenoxy) is 1. The molecule has 0 bridgehead atoms. The average molecular weight is 661 g/mol. The summed E-state index contributed by atoms with van der Waals surface area (Å²) in [5.74, 6) is -0.580. The number of thioether (sulfide) groups is 1. The number of aliphatic imine (C=N–C) groups is 1. The molecule has 0 radical (unpaired) electrons. The largest absolute Gasteiger partial charge is 0.462 e. The third-order valence-electron chi connectivity index (χ3n) is 8.67. The predicted molar refractivity (Wildman–Crippen MR) is 179 cm³/mol. The number of alkyl halides is 1. The number of esters is 1. The van der Waals surface area contributed by atoms with E-state index in [1.807, 2.05) is 29.4 Å². The number of unbranched alkanes of at least 4 members (excludes halogenated alkanes) is 1. The van der Waals surface area contributed by atoms with Crippen LogP contribution in [0, 0.1) is 11.7 Å². The molecule has 3 atom stereocenters. The van der Waals surface area contributed by atoms with Crippen LogP contribution in [-0.4, -0.2) is 76.3 Å². The number of carbonyl (C=O) groups is 2. The first kappa shape index (κ1) is 32.8. The van der Waals surface area contributed by atoms with Gasteiger partial charge in [0.1, 0.15) is 17.8 Å². The number of hydrogen-bond acceptors (Lipinski definition) is 8. The fraction of sp³-hybridized carbons (Fsp3) is 0.400. The summed E-state index contributed by atoms with van der Waals surface area (Å²) in [6, 6.07) is 15.2. The van der Waals surface area contributed by atoms with E-state index in [0.717, 1.165) is 42.8 Å². The summed E-state index contributed by atoms with van der Waals surface area (Å²) in [5, 5.41) is 4.68. The standard InChI is InChI=1S/C35H38F2N6O3S/c1-3-4-14-46-35(45)25-7-5-6-23(15-25)20-41-13-12-24(21-41)18-39-34(44)30-19-38-32-10-11-33(40-43(30)32)42-22-27(37)17-29(42)28-16-26(36)8-9-31(28)47-2/h5-11,15-16,18-19,24,27,29H,3-4,12-14,17,20-22H2,1-2H3/b39-18+/t24?,27-,29+/m0/s1. The topological polar surface area (TPSA) is 92.4 Å². The van der Waals surface area contributed by atoms with E-state index in [1.165, 1.54) is 34.6 Å². The molecular weight excluding hydrogens is 622 g/mol. The Balaban J connectivity index is 1.12. The molecule has 47 heavy (non-hydrogen) atoms. The number of hydrogen-bond donors (Lipinski definition) is 0. The number of imidazole rings is 1. The zero-order valence-electron chi connectivity index (χ0n) is 26.5. The molecule has 0 N–H and O–H groups in total. The van der Waals surface area contributed by atoms with Crippen LogP contribution in [0.2, 0.25) is 0 Å². The molecule has 4 heterocycles. The number of fused-ring (bicyclic) bond motifs is 1. The van der Waals surface area contributed by atoms with Crippen molar-refractivity contribution in [2.75, 3.05) is 37.4 Å². The van der Waals surface area contributed by atoms with Crippen LogP contribution >= 0.6 is 11.8 Å². The fourth-order valence-corrected chi connectivity index (χ4v) is 6.91. The molecule has 2 fully saturated rings. The van der Waals surface area contributed by atoms with Crippen molar-refractivity contribution in [1.82, 2.24) is 19.5 Å². The second-order valence-corrected chi connectivity index (χ2v) is 12.9. The Labute approximate surface area is 277 Å². The third-order valence-corrected chi connectivity index (χ3v) is 9.49. The van der Waals surface area contributed by atoms with Gasteiger partial charge in [-0.1, -0.05) is 25.5 Å². The maximum Gasteiger partial charge on any atom is 0.338 e. The van der Waals surface area contributed by atoms with E-state index < -0.39 is 18.1 Å². The van der Waals surface area contributed by atoms with Crippen LogP contribution in [0.1, 0.15) is 70.6 Å². The number of halogens is 2. The molecule has 9 nitrogen and oxygen atoms in total. The van der Waals surface area contributed by atoms with Crippen LogP contribution in [0.25, 0.3) is 5.65 Å². The smallest absolute Gasteiger partial charge is 0.338 e. The van der Waals surface area contributed by atoms with Crippen molar-refractivity contribution in [2.45, 2.75) is 56.3 Å². The van der Waals surface area contributed by atoms with Crippen LogP contribution in [0.5, 0.6) is 0 Å². The molecule has 0 spiro atoms. The maximum absolute atomic E-state index is 14.8. The summed E-state index contributed by atoms with van der Waals surface area (Å²) in [5.41, 5.74) is 2.97. The minimum atomic E-state index is -1.11. The van der Waals surface area contributed by atoms with Gasteiger partial charge in [0.2, 0.25) is 0 Å². The molecule has 2 aromatic heterocycles. The molecule has 12 heteroatoms.